The zero-order valence-electron chi connectivity index (χ0n) is 16.1. The minimum atomic E-state index is -0.230. The Balaban J connectivity index is 1.62. The van der Waals surface area contributed by atoms with Crippen LogP contribution in [0.5, 0.6) is 0 Å². The fourth-order valence-corrected chi connectivity index (χ4v) is 3.89. The van der Waals surface area contributed by atoms with Crippen molar-refractivity contribution in [2.75, 3.05) is 11.1 Å². The summed E-state index contributed by atoms with van der Waals surface area (Å²) in [6.07, 6.45) is 0. The fraction of sp³-hybridized carbons (Fsp3) is 0.143. The van der Waals surface area contributed by atoms with Gasteiger partial charge in [-0.15, -0.1) is 0 Å². The zero-order chi connectivity index (χ0) is 21.1. The van der Waals surface area contributed by atoms with Crippen LogP contribution in [0.25, 0.3) is 10.9 Å². The van der Waals surface area contributed by atoms with E-state index in [4.69, 9.17) is 11.6 Å². The Morgan fingerprint density at radius 3 is 2.70 bits per heavy atom. The molecule has 2 aromatic carbocycles. The Morgan fingerprint density at radius 2 is 1.97 bits per heavy atom. The summed E-state index contributed by atoms with van der Waals surface area (Å²) >= 11 is 7.18. The number of para-hydroxylation sites is 1. The van der Waals surface area contributed by atoms with Crippen LogP contribution in [0.3, 0.4) is 0 Å². The van der Waals surface area contributed by atoms with Crippen molar-refractivity contribution in [2.45, 2.75) is 18.6 Å². The molecule has 0 aliphatic carbocycles. The van der Waals surface area contributed by atoms with Crippen LogP contribution in [0, 0.1) is 6.92 Å². The molecule has 2 heterocycles. The third-order valence-corrected chi connectivity index (χ3v) is 5.61. The number of halogens is 1. The summed E-state index contributed by atoms with van der Waals surface area (Å²) in [6, 6.07) is 16.2. The lowest BCUT2D eigenvalue weighted by Crippen LogP contribution is -2.25. The second kappa shape index (κ2) is 8.73. The summed E-state index contributed by atoms with van der Waals surface area (Å²) in [5.74, 6) is 0.326. The van der Waals surface area contributed by atoms with Gasteiger partial charge in [0.25, 0.3) is 5.56 Å². The van der Waals surface area contributed by atoms with Crippen molar-refractivity contribution in [1.29, 1.82) is 0 Å². The number of hydrogen-bond donors (Lipinski definition) is 2. The number of aromatic nitrogens is 4. The normalized spacial score (nSPS) is 11.0. The first kappa shape index (κ1) is 20.2. The predicted octanol–water partition coefficient (Wildman–Crippen LogP) is 3.86. The molecule has 2 N–H and O–H groups in total. The summed E-state index contributed by atoms with van der Waals surface area (Å²) in [5, 5.41) is 11.1. The van der Waals surface area contributed by atoms with Crippen LogP contribution in [-0.4, -0.2) is 31.4 Å². The molecule has 0 aliphatic rings. The van der Waals surface area contributed by atoms with E-state index in [2.05, 4.69) is 20.5 Å². The highest BCUT2D eigenvalue weighted by Crippen LogP contribution is 2.20. The highest BCUT2D eigenvalue weighted by atomic mass is 35.5. The number of aryl methyl sites for hydroxylation is 1. The molecule has 1 amide bonds. The number of hydrogen-bond acceptors (Lipinski definition) is 5. The van der Waals surface area contributed by atoms with Gasteiger partial charge in [0.15, 0.2) is 11.0 Å². The number of rotatable bonds is 6. The molecule has 152 valence electrons. The van der Waals surface area contributed by atoms with E-state index >= 15 is 0 Å². The van der Waals surface area contributed by atoms with Crippen molar-refractivity contribution in [1.82, 2.24) is 19.7 Å². The molecule has 0 saturated heterocycles. The summed E-state index contributed by atoms with van der Waals surface area (Å²) in [7, 11) is 0. The van der Waals surface area contributed by atoms with E-state index in [1.54, 1.807) is 34.9 Å². The second-order valence-electron chi connectivity index (χ2n) is 6.70. The highest BCUT2D eigenvalue weighted by Gasteiger charge is 2.14. The molecule has 30 heavy (non-hydrogen) atoms. The van der Waals surface area contributed by atoms with Crippen molar-refractivity contribution in [2.24, 2.45) is 0 Å². The topological polar surface area (TPSA) is 92.7 Å². The Bertz CT molecular complexity index is 1270. The van der Waals surface area contributed by atoms with E-state index in [-0.39, 0.29) is 17.2 Å². The summed E-state index contributed by atoms with van der Waals surface area (Å²) in [6.45, 7) is 2.18. The first-order valence-corrected chi connectivity index (χ1v) is 10.5. The van der Waals surface area contributed by atoms with E-state index in [0.29, 0.717) is 33.4 Å². The summed E-state index contributed by atoms with van der Waals surface area (Å²) in [5.41, 5.74) is 2.21. The standard InChI is InChI=1S/C21H18ClN5O2S/c1-13-10-18(26-25-13)24-19(28)12-30-21-23-17-5-3-2-4-16(17)20(29)27(21)11-14-6-8-15(22)9-7-14/h2-10H,11-12H2,1H3,(H2,24,25,26,28). The number of anilines is 1. The van der Waals surface area contributed by atoms with Gasteiger partial charge in [0.2, 0.25) is 5.91 Å². The Labute approximate surface area is 181 Å². The monoisotopic (exact) mass is 439 g/mol. The molecule has 4 aromatic rings. The molecule has 2 aromatic heterocycles. The molecule has 4 rings (SSSR count). The zero-order valence-corrected chi connectivity index (χ0v) is 17.6. The number of nitrogens with one attached hydrogen (secondary N) is 2. The van der Waals surface area contributed by atoms with Gasteiger partial charge in [-0.1, -0.05) is 47.6 Å². The van der Waals surface area contributed by atoms with Crippen molar-refractivity contribution >= 4 is 46.0 Å². The van der Waals surface area contributed by atoms with Gasteiger partial charge >= 0.3 is 0 Å². The van der Waals surface area contributed by atoms with Crippen LogP contribution in [0.15, 0.2) is 64.5 Å². The van der Waals surface area contributed by atoms with Gasteiger partial charge in [0.1, 0.15) is 0 Å². The molecular weight excluding hydrogens is 422 g/mol. The number of nitrogens with zero attached hydrogens (tertiary/aromatic N) is 3. The molecule has 7 nitrogen and oxygen atoms in total. The first-order chi connectivity index (χ1) is 14.5. The maximum Gasteiger partial charge on any atom is 0.262 e. The lowest BCUT2D eigenvalue weighted by molar-refractivity contribution is -0.113. The lowest BCUT2D eigenvalue weighted by Gasteiger charge is -2.13. The van der Waals surface area contributed by atoms with E-state index < -0.39 is 0 Å². The van der Waals surface area contributed by atoms with Gasteiger partial charge < -0.3 is 5.32 Å². The largest absolute Gasteiger partial charge is 0.308 e. The number of H-pyrrole nitrogens is 1. The van der Waals surface area contributed by atoms with Gasteiger partial charge in [0.05, 0.1) is 23.2 Å². The van der Waals surface area contributed by atoms with Crippen molar-refractivity contribution in [3.8, 4) is 0 Å². The summed E-state index contributed by atoms with van der Waals surface area (Å²) in [4.78, 5) is 30.1. The third kappa shape index (κ3) is 4.55. The number of benzene rings is 2. The quantitative estimate of drug-likeness (QED) is 0.351. The molecule has 0 radical (unpaired) electrons. The fourth-order valence-electron chi connectivity index (χ4n) is 2.96. The van der Waals surface area contributed by atoms with E-state index in [1.165, 1.54) is 11.8 Å². The van der Waals surface area contributed by atoms with Crippen molar-refractivity contribution < 1.29 is 4.79 Å². The van der Waals surface area contributed by atoms with E-state index in [0.717, 1.165) is 11.3 Å². The Morgan fingerprint density at radius 1 is 1.20 bits per heavy atom. The number of amides is 1. The van der Waals surface area contributed by atoms with Gasteiger partial charge in [-0.2, -0.15) is 5.10 Å². The smallest absolute Gasteiger partial charge is 0.262 e. The molecule has 0 aliphatic heterocycles. The average Bonchev–Trinajstić information content (AvgIpc) is 3.15. The molecule has 0 atom stereocenters. The first-order valence-electron chi connectivity index (χ1n) is 9.18. The van der Waals surface area contributed by atoms with Gasteiger partial charge in [-0.3, -0.25) is 19.3 Å². The molecule has 0 unspecified atom stereocenters. The molecule has 0 saturated carbocycles. The average molecular weight is 440 g/mol. The predicted molar refractivity (Wildman–Crippen MR) is 119 cm³/mol. The minimum Gasteiger partial charge on any atom is -0.308 e. The van der Waals surface area contributed by atoms with Crippen LogP contribution < -0.4 is 10.9 Å². The van der Waals surface area contributed by atoms with Crippen molar-refractivity contribution in [3.63, 3.8) is 0 Å². The highest BCUT2D eigenvalue weighted by molar-refractivity contribution is 7.99. The van der Waals surface area contributed by atoms with Crippen LogP contribution >= 0.6 is 23.4 Å². The number of carbonyl (C=O) groups is 1. The van der Waals surface area contributed by atoms with Crippen LogP contribution in [-0.2, 0) is 11.3 Å². The number of carbonyl (C=O) groups excluding carboxylic acids is 1. The number of aromatic amines is 1. The van der Waals surface area contributed by atoms with E-state index in [1.807, 2.05) is 31.2 Å². The summed E-state index contributed by atoms with van der Waals surface area (Å²) < 4.78 is 1.59. The van der Waals surface area contributed by atoms with Crippen LogP contribution in [0.1, 0.15) is 11.3 Å². The Hall–Kier alpha value is -3.10. The van der Waals surface area contributed by atoms with Crippen LogP contribution in [0.2, 0.25) is 5.02 Å². The molecule has 0 bridgehead atoms. The lowest BCUT2D eigenvalue weighted by atomic mass is 10.2. The van der Waals surface area contributed by atoms with Gasteiger partial charge in [-0.25, -0.2) is 4.98 Å². The van der Waals surface area contributed by atoms with Crippen LogP contribution in [0.4, 0.5) is 5.82 Å². The van der Waals surface area contributed by atoms with Gasteiger partial charge in [0, 0.05) is 16.8 Å². The maximum absolute atomic E-state index is 13.1. The number of thioether (sulfide) groups is 1. The van der Waals surface area contributed by atoms with E-state index in [9.17, 15) is 9.59 Å². The molecule has 0 fully saturated rings. The molecular formula is C21H18ClN5O2S. The minimum absolute atomic E-state index is 0.0945. The van der Waals surface area contributed by atoms with Crippen molar-refractivity contribution in [3.05, 3.63) is 81.2 Å². The number of fused-ring (bicyclic) bond motifs is 1. The van der Waals surface area contributed by atoms with Gasteiger partial charge in [-0.05, 0) is 36.8 Å². The molecule has 9 heteroatoms. The molecule has 0 spiro atoms. The third-order valence-electron chi connectivity index (χ3n) is 4.39. The maximum atomic E-state index is 13.1. The second-order valence-corrected chi connectivity index (χ2v) is 8.08. The Kier molecular flexibility index (Phi) is 5.87. The SMILES string of the molecule is Cc1cc(NC(=O)CSc2nc3ccccc3c(=O)n2Cc2ccc(Cl)cc2)n[nH]1.